The third-order valence-corrected chi connectivity index (χ3v) is 7.94. The maximum absolute atomic E-state index is 14.0. The lowest BCUT2D eigenvalue weighted by atomic mass is 10.0. The van der Waals surface area contributed by atoms with Gasteiger partial charge in [-0.3, -0.25) is 14.5 Å². The smallest absolute Gasteiger partial charge is 0.248 e. The normalized spacial score (nSPS) is 15.5. The van der Waals surface area contributed by atoms with E-state index in [0.717, 1.165) is 32.6 Å². The number of nitrogens with zero attached hydrogens (tertiary/aromatic N) is 2. The Balaban J connectivity index is 1.66. The molecule has 6 nitrogen and oxygen atoms in total. The van der Waals surface area contributed by atoms with E-state index in [1.54, 1.807) is 12.0 Å². The topological polar surface area (TPSA) is 63.6 Å². The van der Waals surface area contributed by atoms with Gasteiger partial charge in [0.1, 0.15) is 11.8 Å². The van der Waals surface area contributed by atoms with Crippen molar-refractivity contribution in [2.75, 3.05) is 17.8 Å². The Morgan fingerprint density at radius 3 is 2.67 bits per heavy atom. The van der Waals surface area contributed by atoms with Crippen LogP contribution < -0.4 is 15.0 Å². The SMILES string of the molecule is COc1ccccc1CNC(=O)[C@@H]1c2c(n(C)c3ccccc23)SCC(=O)N1c1ccc(C)cc1Cl. The van der Waals surface area contributed by atoms with Gasteiger partial charge in [-0.15, -0.1) is 0 Å². The minimum Gasteiger partial charge on any atom is -0.496 e. The summed E-state index contributed by atoms with van der Waals surface area (Å²) < 4.78 is 7.51. The van der Waals surface area contributed by atoms with Gasteiger partial charge < -0.3 is 14.6 Å². The zero-order valence-electron chi connectivity index (χ0n) is 20.2. The second kappa shape index (κ2) is 9.91. The van der Waals surface area contributed by atoms with Gasteiger partial charge in [-0.05, 0) is 36.8 Å². The first-order valence-electron chi connectivity index (χ1n) is 11.6. The molecule has 3 aromatic carbocycles. The van der Waals surface area contributed by atoms with Gasteiger partial charge in [-0.25, -0.2) is 0 Å². The van der Waals surface area contributed by atoms with Crippen molar-refractivity contribution in [2.24, 2.45) is 7.05 Å². The number of para-hydroxylation sites is 2. The van der Waals surface area contributed by atoms with Crippen molar-refractivity contribution in [2.45, 2.75) is 24.5 Å². The summed E-state index contributed by atoms with van der Waals surface area (Å²) in [4.78, 5) is 29.2. The maximum Gasteiger partial charge on any atom is 0.248 e. The maximum atomic E-state index is 14.0. The second-order valence-electron chi connectivity index (χ2n) is 8.73. The van der Waals surface area contributed by atoms with Crippen molar-refractivity contribution in [1.82, 2.24) is 9.88 Å². The molecule has 2 heterocycles. The Bertz CT molecular complexity index is 1480. The van der Waals surface area contributed by atoms with Crippen LogP contribution in [0.2, 0.25) is 5.02 Å². The third-order valence-electron chi connectivity index (χ3n) is 6.48. The van der Waals surface area contributed by atoms with Gasteiger partial charge in [0.2, 0.25) is 11.8 Å². The number of methoxy groups -OCH3 is 1. The first kappa shape index (κ1) is 24.3. The quantitative estimate of drug-likeness (QED) is 0.370. The number of benzene rings is 3. The monoisotopic (exact) mass is 519 g/mol. The Labute approximate surface area is 219 Å². The molecular weight excluding hydrogens is 494 g/mol. The number of ether oxygens (including phenoxy) is 1. The van der Waals surface area contributed by atoms with Crippen LogP contribution in [-0.2, 0) is 23.2 Å². The molecule has 0 bridgehead atoms. The molecular formula is C28H26ClN3O3S. The lowest BCUT2D eigenvalue weighted by molar-refractivity contribution is -0.125. The molecule has 0 radical (unpaired) electrons. The van der Waals surface area contributed by atoms with E-state index in [1.807, 2.05) is 80.7 Å². The summed E-state index contributed by atoms with van der Waals surface area (Å²) >= 11 is 8.11. The fourth-order valence-corrected chi connectivity index (χ4v) is 6.16. The standard InChI is InChI=1S/C28H26ClN3O3S/c1-17-12-13-22(20(29)14-17)32-24(33)16-36-28-25(19-9-5-6-10-21(19)31(28)2)26(32)27(34)30-15-18-8-4-7-11-23(18)35-3/h4-14,26H,15-16H2,1-3H3,(H,30,34)/t26-/m0/s1. The Morgan fingerprint density at radius 2 is 1.89 bits per heavy atom. The zero-order valence-corrected chi connectivity index (χ0v) is 21.8. The number of hydrogen-bond acceptors (Lipinski definition) is 4. The number of thioether (sulfide) groups is 1. The average Bonchev–Trinajstić information content (AvgIpc) is 3.06. The minimum absolute atomic E-state index is 0.177. The van der Waals surface area contributed by atoms with Gasteiger partial charge in [0.15, 0.2) is 0 Å². The van der Waals surface area contributed by atoms with Gasteiger partial charge in [-0.2, -0.15) is 0 Å². The van der Waals surface area contributed by atoms with Crippen molar-refractivity contribution in [3.63, 3.8) is 0 Å². The molecule has 4 aromatic rings. The summed E-state index contributed by atoms with van der Waals surface area (Å²) in [7, 11) is 3.57. The van der Waals surface area contributed by atoms with E-state index in [0.29, 0.717) is 16.5 Å². The largest absolute Gasteiger partial charge is 0.496 e. The number of carbonyl (C=O) groups excluding carboxylic acids is 2. The summed E-state index contributed by atoms with van der Waals surface area (Å²) in [6, 6.07) is 20.1. The number of amides is 2. The number of aromatic nitrogens is 1. The Hall–Kier alpha value is -3.42. The predicted molar refractivity (Wildman–Crippen MR) is 145 cm³/mol. The van der Waals surface area contributed by atoms with Crippen molar-refractivity contribution in [1.29, 1.82) is 0 Å². The third kappa shape index (κ3) is 4.22. The number of nitrogens with one attached hydrogen (secondary N) is 1. The highest BCUT2D eigenvalue weighted by molar-refractivity contribution is 8.00. The van der Waals surface area contributed by atoms with Crippen molar-refractivity contribution in [3.8, 4) is 5.75 Å². The van der Waals surface area contributed by atoms with Crippen LogP contribution in [0.5, 0.6) is 5.75 Å². The number of halogens is 1. The van der Waals surface area contributed by atoms with Crippen molar-refractivity contribution >= 4 is 51.8 Å². The molecule has 0 saturated carbocycles. The first-order valence-corrected chi connectivity index (χ1v) is 12.9. The number of anilines is 1. The average molecular weight is 520 g/mol. The number of rotatable bonds is 5. The Morgan fingerprint density at radius 1 is 1.14 bits per heavy atom. The number of hydrogen-bond donors (Lipinski definition) is 1. The summed E-state index contributed by atoms with van der Waals surface area (Å²) in [6.07, 6.45) is 0. The lowest BCUT2D eigenvalue weighted by Crippen LogP contribution is -2.44. The van der Waals surface area contributed by atoms with E-state index in [1.165, 1.54) is 11.8 Å². The summed E-state index contributed by atoms with van der Waals surface area (Å²) in [5.41, 5.74) is 4.15. The number of carbonyl (C=O) groups is 2. The first-order chi connectivity index (χ1) is 17.4. The van der Waals surface area contributed by atoms with Crippen LogP contribution in [0, 0.1) is 6.92 Å². The van der Waals surface area contributed by atoms with E-state index in [2.05, 4.69) is 9.88 Å². The highest BCUT2D eigenvalue weighted by atomic mass is 35.5. The van der Waals surface area contributed by atoms with Gasteiger partial charge in [0.05, 0.1) is 28.6 Å². The summed E-state index contributed by atoms with van der Waals surface area (Å²) in [5.74, 6) is 0.418. The molecule has 2 amide bonds. The van der Waals surface area contributed by atoms with Crippen LogP contribution in [0.3, 0.4) is 0 Å². The lowest BCUT2D eigenvalue weighted by Gasteiger charge is -2.30. The van der Waals surface area contributed by atoms with E-state index in [4.69, 9.17) is 16.3 Å². The molecule has 184 valence electrons. The fraction of sp³-hybridized carbons (Fsp3) is 0.214. The molecule has 1 atom stereocenters. The van der Waals surface area contributed by atoms with Crippen LogP contribution >= 0.6 is 23.4 Å². The molecule has 0 spiro atoms. The molecule has 0 aliphatic carbocycles. The highest BCUT2D eigenvalue weighted by Gasteiger charge is 2.40. The zero-order chi connectivity index (χ0) is 25.4. The van der Waals surface area contributed by atoms with E-state index in [-0.39, 0.29) is 24.1 Å². The molecule has 1 aliphatic rings. The molecule has 8 heteroatoms. The molecule has 1 aliphatic heterocycles. The van der Waals surface area contributed by atoms with Crippen molar-refractivity contribution < 1.29 is 14.3 Å². The van der Waals surface area contributed by atoms with Crippen LogP contribution in [0.1, 0.15) is 22.7 Å². The predicted octanol–water partition coefficient (Wildman–Crippen LogP) is 5.65. The van der Waals surface area contributed by atoms with Crippen LogP contribution in [0.25, 0.3) is 10.9 Å². The molecule has 36 heavy (non-hydrogen) atoms. The molecule has 1 N–H and O–H groups in total. The molecule has 0 fully saturated rings. The molecule has 1 aromatic heterocycles. The highest BCUT2D eigenvalue weighted by Crippen LogP contribution is 2.44. The Kier molecular flexibility index (Phi) is 6.69. The summed E-state index contributed by atoms with van der Waals surface area (Å²) in [5, 5.41) is 5.32. The van der Waals surface area contributed by atoms with E-state index >= 15 is 0 Å². The van der Waals surface area contributed by atoms with Crippen LogP contribution in [0.4, 0.5) is 5.69 Å². The fourth-order valence-electron chi connectivity index (χ4n) is 4.77. The van der Waals surface area contributed by atoms with Gasteiger partial charge >= 0.3 is 0 Å². The molecule has 0 unspecified atom stereocenters. The molecule has 5 rings (SSSR count). The minimum atomic E-state index is -0.900. The van der Waals surface area contributed by atoms with Crippen molar-refractivity contribution in [3.05, 3.63) is 88.4 Å². The van der Waals surface area contributed by atoms with Gasteiger partial charge in [0.25, 0.3) is 0 Å². The molecule has 0 saturated heterocycles. The van der Waals surface area contributed by atoms with Crippen LogP contribution in [-0.4, -0.2) is 29.2 Å². The second-order valence-corrected chi connectivity index (χ2v) is 10.1. The van der Waals surface area contributed by atoms with Crippen LogP contribution in [0.15, 0.2) is 71.8 Å². The van der Waals surface area contributed by atoms with E-state index in [9.17, 15) is 9.59 Å². The summed E-state index contributed by atoms with van der Waals surface area (Å²) in [6.45, 7) is 2.20. The van der Waals surface area contributed by atoms with Gasteiger partial charge in [0, 0.05) is 35.6 Å². The van der Waals surface area contributed by atoms with E-state index < -0.39 is 6.04 Å². The number of aryl methyl sites for hydroxylation is 2. The number of fused-ring (bicyclic) bond motifs is 3. The van der Waals surface area contributed by atoms with Gasteiger partial charge in [-0.1, -0.05) is 65.8 Å².